The zero-order valence-corrected chi connectivity index (χ0v) is 10.1. The Morgan fingerprint density at radius 2 is 2.06 bits per heavy atom. The van der Waals surface area contributed by atoms with Gasteiger partial charge >= 0.3 is 0 Å². The van der Waals surface area contributed by atoms with Crippen molar-refractivity contribution >= 4 is 5.82 Å². The topological polar surface area (TPSA) is 36.4 Å². The molecule has 1 aromatic rings. The van der Waals surface area contributed by atoms with Crippen LogP contribution in [0.4, 0.5) is 5.82 Å². The van der Waals surface area contributed by atoms with Crippen LogP contribution in [0.5, 0.6) is 0 Å². The maximum absolute atomic E-state index is 9.41. The molecule has 2 rings (SSSR count). The number of hydrogen-bond acceptors (Lipinski definition) is 3. The summed E-state index contributed by atoms with van der Waals surface area (Å²) in [5, 5.41) is 9.41. The van der Waals surface area contributed by atoms with E-state index in [2.05, 4.69) is 16.8 Å². The molecule has 0 saturated carbocycles. The lowest BCUT2D eigenvalue weighted by molar-refractivity contribution is 0.199. The molecule has 0 spiro atoms. The van der Waals surface area contributed by atoms with Gasteiger partial charge in [0, 0.05) is 19.3 Å². The van der Waals surface area contributed by atoms with Gasteiger partial charge in [0.1, 0.15) is 5.82 Å². The highest BCUT2D eigenvalue weighted by molar-refractivity contribution is 5.40. The van der Waals surface area contributed by atoms with E-state index in [4.69, 9.17) is 0 Å². The van der Waals surface area contributed by atoms with E-state index in [0.29, 0.717) is 0 Å². The minimum Gasteiger partial charge on any atom is -0.389 e. The van der Waals surface area contributed by atoms with Gasteiger partial charge in [-0.05, 0) is 37.3 Å². The van der Waals surface area contributed by atoms with Gasteiger partial charge in [-0.2, -0.15) is 0 Å². The molecule has 1 fully saturated rings. The molecule has 1 aliphatic rings. The summed E-state index contributed by atoms with van der Waals surface area (Å²) in [6, 6.07) is 3.98. The molecule has 0 bridgehead atoms. The molecule has 0 aliphatic carbocycles. The highest BCUT2D eigenvalue weighted by atomic mass is 16.3. The average Bonchev–Trinajstić information content (AvgIpc) is 2.30. The first-order valence-corrected chi connectivity index (χ1v) is 6.06. The van der Waals surface area contributed by atoms with Gasteiger partial charge in [-0.3, -0.25) is 0 Å². The molecule has 1 aromatic heterocycles. The van der Waals surface area contributed by atoms with E-state index in [0.717, 1.165) is 30.4 Å². The molecular formula is C13H20N2O. The minimum atomic E-state index is -0.428. The quantitative estimate of drug-likeness (QED) is 0.831. The molecule has 1 aliphatic heterocycles. The van der Waals surface area contributed by atoms with Crippen molar-refractivity contribution in [3.63, 3.8) is 0 Å². The molecule has 3 heteroatoms. The van der Waals surface area contributed by atoms with E-state index < -0.39 is 6.10 Å². The predicted molar refractivity (Wildman–Crippen MR) is 65.5 cm³/mol. The normalized spacial score (nSPS) is 19.8. The van der Waals surface area contributed by atoms with Gasteiger partial charge in [0.05, 0.1) is 6.10 Å². The molecule has 1 unspecified atom stereocenters. The molecule has 3 nitrogen and oxygen atoms in total. The fraction of sp³-hybridized carbons (Fsp3) is 0.615. The van der Waals surface area contributed by atoms with Gasteiger partial charge in [0.25, 0.3) is 0 Å². The molecule has 0 radical (unpaired) electrons. The summed E-state index contributed by atoms with van der Waals surface area (Å²) in [6.07, 6.45) is 3.85. The third kappa shape index (κ3) is 2.53. The van der Waals surface area contributed by atoms with E-state index >= 15 is 0 Å². The monoisotopic (exact) mass is 220 g/mol. The van der Waals surface area contributed by atoms with Crippen molar-refractivity contribution in [1.82, 2.24) is 4.98 Å². The van der Waals surface area contributed by atoms with Crippen LogP contribution < -0.4 is 4.90 Å². The first-order valence-electron chi connectivity index (χ1n) is 6.06. The Kier molecular flexibility index (Phi) is 3.44. The fourth-order valence-corrected chi connectivity index (χ4v) is 2.07. The van der Waals surface area contributed by atoms with Crippen LogP contribution in [0.3, 0.4) is 0 Å². The molecule has 0 aromatic carbocycles. The van der Waals surface area contributed by atoms with Crippen molar-refractivity contribution in [2.75, 3.05) is 18.0 Å². The van der Waals surface area contributed by atoms with Crippen molar-refractivity contribution in [3.8, 4) is 0 Å². The third-order valence-electron chi connectivity index (χ3n) is 3.36. The standard InChI is InChI=1S/C13H20N2O/c1-10-5-7-15(8-6-10)13-4-3-12(9-14-13)11(2)16/h3-4,9-11,16H,5-8H2,1-2H3. The van der Waals surface area contributed by atoms with Crippen LogP contribution in [0.1, 0.15) is 38.4 Å². The average molecular weight is 220 g/mol. The number of aliphatic hydroxyl groups excluding tert-OH is 1. The Balaban J connectivity index is 2.04. The summed E-state index contributed by atoms with van der Waals surface area (Å²) in [4.78, 5) is 6.74. The van der Waals surface area contributed by atoms with E-state index in [1.54, 1.807) is 13.1 Å². The number of aromatic nitrogens is 1. The van der Waals surface area contributed by atoms with E-state index in [9.17, 15) is 5.11 Å². The van der Waals surface area contributed by atoms with Crippen LogP contribution in [0.25, 0.3) is 0 Å². The fourth-order valence-electron chi connectivity index (χ4n) is 2.07. The highest BCUT2D eigenvalue weighted by Gasteiger charge is 2.16. The largest absolute Gasteiger partial charge is 0.389 e. The van der Waals surface area contributed by atoms with Crippen molar-refractivity contribution in [1.29, 1.82) is 0 Å². The second kappa shape index (κ2) is 4.83. The van der Waals surface area contributed by atoms with Crippen molar-refractivity contribution in [2.24, 2.45) is 5.92 Å². The van der Waals surface area contributed by atoms with Gasteiger partial charge < -0.3 is 10.0 Å². The van der Waals surface area contributed by atoms with Crippen molar-refractivity contribution in [2.45, 2.75) is 32.8 Å². The Bertz CT molecular complexity index is 326. The van der Waals surface area contributed by atoms with E-state index in [-0.39, 0.29) is 0 Å². The number of aliphatic hydroxyl groups is 1. The number of piperidine rings is 1. The SMILES string of the molecule is CC1CCN(c2ccc(C(C)O)cn2)CC1. The van der Waals surface area contributed by atoms with E-state index in [1.165, 1.54) is 12.8 Å². The minimum absolute atomic E-state index is 0.428. The van der Waals surface area contributed by atoms with Crippen molar-refractivity contribution in [3.05, 3.63) is 23.9 Å². The Labute approximate surface area is 97.1 Å². The smallest absolute Gasteiger partial charge is 0.128 e. The lowest BCUT2D eigenvalue weighted by Gasteiger charge is -2.31. The number of rotatable bonds is 2. The maximum Gasteiger partial charge on any atom is 0.128 e. The summed E-state index contributed by atoms with van der Waals surface area (Å²) in [7, 11) is 0. The summed E-state index contributed by atoms with van der Waals surface area (Å²) < 4.78 is 0. The third-order valence-corrected chi connectivity index (χ3v) is 3.36. The first-order chi connectivity index (χ1) is 7.66. The van der Waals surface area contributed by atoms with Gasteiger partial charge in [0.2, 0.25) is 0 Å². The molecule has 1 atom stereocenters. The number of anilines is 1. The number of pyridine rings is 1. The Morgan fingerprint density at radius 1 is 1.38 bits per heavy atom. The van der Waals surface area contributed by atoms with Crippen LogP contribution in [-0.4, -0.2) is 23.2 Å². The molecule has 1 saturated heterocycles. The van der Waals surface area contributed by atoms with Gasteiger partial charge in [-0.25, -0.2) is 4.98 Å². The Morgan fingerprint density at radius 3 is 2.56 bits per heavy atom. The lowest BCUT2D eigenvalue weighted by Crippen LogP contribution is -2.33. The second-order valence-corrected chi connectivity index (χ2v) is 4.80. The van der Waals surface area contributed by atoms with Crippen LogP contribution in [0.15, 0.2) is 18.3 Å². The van der Waals surface area contributed by atoms with Gasteiger partial charge in [-0.15, -0.1) is 0 Å². The van der Waals surface area contributed by atoms with Crippen LogP contribution in [0, 0.1) is 5.92 Å². The van der Waals surface area contributed by atoms with E-state index in [1.807, 2.05) is 12.1 Å². The summed E-state index contributed by atoms with van der Waals surface area (Å²) in [6.45, 7) is 6.27. The molecule has 1 N–H and O–H groups in total. The molecule has 16 heavy (non-hydrogen) atoms. The summed E-state index contributed by atoms with van der Waals surface area (Å²) >= 11 is 0. The van der Waals surface area contributed by atoms with Crippen LogP contribution in [-0.2, 0) is 0 Å². The highest BCUT2D eigenvalue weighted by Crippen LogP contribution is 2.22. The zero-order chi connectivity index (χ0) is 11.5. The summed E-state index contributed by atoms with van der Waals surface area (Å²) in [5.41, 5.74) is 0.883. The van der Waals surface area contributed by atoms with Crippen molar-refractivity contribution < 1.29 is 5.11 Å². The van der Waals surface area contributed by atoms with Crippen LogP contribution in [0.2, 0.25) is 0 Å². The maximum atomic E-state index is 9.41. The summed E-state index contributed by atoms with van der Waals surface area (Å²) in [5.74, 6) is 1.88. The number of hydrogen-bond donors (Lipinski definition) is 1. The van der Waals surface area contributed by atoms with Gasteiger partial charge in [-0.1, -0.05) is 13.0 Å². The molecule has 0 amide bonds. The number of nitrogens with zero attached hydrogens (tertiary/aromatic N) is 2. The van der Waals surface area contributed by atoms with Crippen LogP contribution >= 0.6 is 0 Å². The molecule has 2 heterocycles. The zero-order valence-electron chi connectivity index (χ0n) is 10.1. The predicted octanol–water partition coefficient (Wildman–Crippen LogP) is 2.37. The molecular weight excluding hydrogens is 200 g/mol. The lowest BCUT2D eigenvalue weighted by atomic mass is 9.99. The van der Waals surface area contributed by atoms with Gasteiger partial charge in [0.15, 0.2) is 0 Å². The Hall–Kier alpha value is -1.09. The second-order valence-electron chi connectivity index (χ2n) is 4.80. The first kappa shape index (κ1) is 11.4. The molecule has 88 valence electrons.